The van der Waals surface area contributed by atoms with Crippen molar-refractivity contribution < 1.29 is 17.6 Å². The fraction of sp³-hybridized carbons (Fsp3) is 0.296. The molecule has 8 heteroatoms. The van der Waals surface area contributed by atoms with Crippen LogP contribution in [0.3, 0.4) is 0 Å². The van der Waals surface area contributed by atoms with Gasteiger partial charge in [-0.2, -0.15) is 0 Å². The fourth-order valence-electron chi connectivity index (χ4n) is 4.18. The zero-order chi connectivity index (χ0) is 25.0. The number of nitrogens with zero attached hydrogens (tertiary/aromatic N) is 3. The first-order valence-electron chi connectivity index (χ1n) is 11.7. The number of carbonyl (C=O) groups is 1. The molecule has 1 aliphatic heterocycles. The molecular weight excluding hydrogens is 465 g/mol. The molecule has 4 rings (SSSR count). The van der Waals surface area contributed by atoms with Gasteiger partial charge in [0.05, 0.1) is 10.6 Å². The van der Waals surface area contributed by atoms with E-state index in [1.165, 1.54) is 23.5 Å². The van der Waals surface area contributed by atoms with Gasteiger partial charge in [0.25, 0.3) is 15.9 Å². The van der Waals surface area contributed by atoms with Gasteiger partial charge < -0.3 is 4.90 Å². The summed E-state index contributed by atoms with van der Waals surface area (Å²) in [7, 11) is -2.18. The molecular formula is C27H30FN3O3S. The number of carbonyl (C=O) groups excluding carboxylic acids is 1. The van der Waals surface area contributed by atoms with Crippen molar-refractivity contribution in [1.82, 2.24) is 9.80 Å². The third-order valence-corrected chi connectivity index (χ3v) is 8.15. The third kappa shape index (κ3) is 5.89. The van der Waals surface area contributed by atoms with Gasteiger partial charge in [-0.1, -0.05) is 29.8 Å². The van der Waals surface area contributed by atoms with Crippen molar-refractivity contribution in [2.24, 2.45) is 0 Å². The van der Waals surface area contributed by atoms with E-state index in [4.69, 9.17) is 0 Å². The number of halogens is 1. The Bertz CT molecular complexity index is 1260. The maximum absolute atomic E-state index is 13.2. The van der Waals surface area contributed by atoms with Gasteiger partial charge in [0.2, 0.25) is 0 Å². The quantitative estimate of drug-likeness (QED) is 0.512. The third-order valence-electron chi connectivity index (χ3n) is 6.35. The van der Waals surface area contributed by atoms with E-state index in [9.17, 15) is 17.6 Å². The Morgan fingerprint density at radius 2 is 1.54 bits per heavy atom. The first kappa shape index (κ1) is 24.9. The van der Waals surface area contributed by atoms with Gasteiger partial charge in [-0.25, -0.2) is 12.8 Å². The van der Waals surface area contributed by atoms with Gasteiger partial charge in [-0.3, -0.25) is 14.0 Å². The summed E-state index contributed by atoms with van der Waals surface area (Å²) < 4.78 is 40.3. The second-order valence-electron chi connectivity index (χ2n) is 8.88. The molecule has 0 N–H and O–H groups in total. The summed E-state index contributed by atoms with van der Waals surface area (Å²) in [5.74, 6) is -0.310. The lowest BCUT2D eigenvalue weighted by Crippen LogP contribution is -2.35. The van der Waals surface area contributed by atoms with Crippen molar-refractivity contribution in [3.8, 4) is 0 Å². The fourth-order valence-corrected chi connectivity index (χ4v) is 5.38. The van der Waals surface area contributed by atoms with Crippen LogP contribution >= 0.6 is 0 Å². The minimum Gasteiger partial charge on any atom is -0.337 e. The van der Waals surface area contributed by atoms with Crippen LogP contribution in [0.15, 0.2) is 77.7 Å². The van der Waals surface area contributed by atoms with Crippen molar-refractivity contribution in [3.05, 3.63) is 95.3 Å². The highest BCUT2D eigenvalue weighted by atomic mass is 32.2. The van der Waals surface area contributed by atoms with Crippen molar-refractivity contribution in [2.75, 3.05) is 37.5 Å². The van der Waals surface area contributed by atoms with Gasteiger partial charge >= 0.3 is 0 Å². The van der Waals surface area contributed by atoms with E-state index in [0.717, 1.165) is 37.2 Å². The SMILES string of the molecule is Cc1ccc(S(=O)(=O)N(C)c2ccc(C(=O)N3CCCN(Cc4ccc(F)cc4)CC3)cc2)cc1. The molecule has 1 fully saturated rings. The molecule has 0 radical (unpaired) electrons. The maximum Gasteiger partial charge on any atom is 0.264 e. The lowest BCUT2D eigenvalue weighted by atomic mass is 10.1. The van der Waals surface area contributed by atoms with Gasteiger partial charge in [0.1, 0.15) is 5.82 Å². The van der Waals surface area contributed by atoms with Gasteiger partial charge in [-0.05, 0) is 67.4 Å². The molecule has 184 valence electrons. The van der Waals surface area contributed by atoms with Gasteiger partial charge in [0, 0.05) is 45.3 Å². The first-order chi connectivity index (χ1) is 16.7. The van der Waals surface area contributed by atoms with Crippen LogP contribution in [0.1, 0.15) is 27.9 Å². The lowest BCUT2D eigenvalue weighted by Gasteiger charge is -2.23. The summed E-state index contributed by atoms with van der Waals surface area (Å²) in [6.45, 7) is 5.48. The minimum atomic E-state index is -3.69. The molecule has 0 aromatic heterocycles. The lowest BCUT2D eigenvalue weighted by molar-refractivity contribution is 0.0761. The standard InChI is InChI=1S/C27H30FN3O3S/c1-21-4-14-26(15-5-21)35(33,34)29(2)25-12-8-23(9-13-25)27(32)31-17-3-16-30(18-19-31)20-22-6-10-24(28)11-7-22/h4-15H,3,16-20H2,1-2H3. The number of benzene rings is 3. The largest absolute Gasteiger partial charge is 0.337 e. The van der Waals surface area contributed by atoms with E-state index < -0.39 is 10.0 Å². The van der Waals surface area contributed by atoms with Crippen molar-refractivity contribution in [2.45, 2.75) is 24.8 Å². The highest BCUT2D eigenvalue weighted by molar-refractivity contribution is 7.92. The van der Waals surface area contributed by atoms with Crippen LogP contribution < -0.4 is 4.31 Å². The molecule has 0 atom stereocenters. The number of anilines is 1. The average Bonchev–Trinajstić information content (AvgIpc) is 3.10. The maximum atomic E-state index is 13.2. The zero-order valence-corrected chi connectivity index (χ0v) is 20.8. The molecule has 1 aliphatic rings. The van der Waals surface area contributed by atoms with Crippen molar-refractivity contribution in [3.63, 3.8) is 0 Å². The van der Waals surface area contributed by atoms with Crippen LogP contribution in [0.2, 0.25) is 0 Å². The minimum absolute atomic E-state index is 0.0655. The van der Waals surface area contributed by atoms with E-state index in [0.29, 0.717) is 24.3 Å². The molecule has 0 aliphatic carbocycles. The molecule has 3 aromatic carbocycles. The Kier molecular flexibility index (Phi) is 7.52. The van der Waals surface area contributed by atoms with E-state index in [1.807, 2.05) is 11.8 Å². The smallest absolute Gasteiger partial charge is 0.264 e. The molecule has 0 unspecified atom stereocenters. The highest BCUT2D eigenvalue weighted by Gasteiger charge is 2.23. The topological polar surface area (TPSA) is 60.9 Å². The van der Waals surface area contributed by atoms with E-state index in [-0.39, 0.29) is 16.6 Å². The predicted octanol–water partition coefficient (Wildman–Crippen LogP) is 4.31. The molecule has 35 heavy (non-hydrogen) atoms. The van der Waals surface area contributed by atoms with Crippen LogP contribution in [0.4, 0.5) is 10.1 Å². The summed E-state index contributed by atoms with van der Waals surface area (Å²) in [4.78, 5) is 17.5. The summed E-state index contributed by atoms with van der Waals surface area (Å²) in [6.07, 6.45) is 0.850. The summed E-state index contributed by atoms with van der Waals surface area (Å²) >= 11 is 0. The number of hydrogen-bond acceptors (Lipinski definition) is 4. The number of amides is 1. The Balaban J connectivity index is 1.39. The molecule has 6 nitrogen and oxygen atoms in total. The Morgan fingerprint density at radius 3 is 2.20 bits per heavy atom. The molecule has 3 aromatic rings. The molecule has 0 bridgehead atoms. The second kappa shape index (κ2) is 10.6. The zero-order valence-electron chi connectivity index (χ0n) is 20.0. The number of sulfonamides is 1. The van der Waals surface area contributed by atoms with Crippen molar-refractivity contribution >= 4 is 21.6 Å². The molecule has 0 saturated carbocycles. The molecule has 1 amide bonds. The van der Waals surface area contributed by atoms with Crippen LogP contribution in [-0.4, -0.2) is 57.4 Å². The average molecular weight is 496 g/mol. The number of aryl methyl sites for hydroxylation is 1. The summed E-state index contributed by atoms with van der Waals surface area (Å²) in [5.41, 5.74) is 3.05. The van der Waals surface area contributed by atoms with Gasteiger partial charge in [0.15, 0.2) is 0 Å². The Morgan fingerprint density at radius 1 is 0.886 bits per heavy atom. The molecule has 0 spiro atoms. The predicted molar refractivity (Wildman–Crippen MR) is 135 cm³/mol. The number of rotatable bonds is 6. The van der Waals surface area contributed by atoms with E-state index in [1.54, 1.807) is 60.7 Å². The van der Waals surface area contributed by atoms with Crippen LogP contribution in [0.5, 0.6) is 0 Å². The Labute approximate surface area is 206 Å². The normalized spacial score (nSPS) is 15.0. The second-order valence-corrected chi connectivity index (χ2v) is 10.9. The monoisotopic (exact) mass is 495 g/mol. The van der Waals surface area contributed by atoms with Crippen molar-refractivity contribution in [1.29, 1.82) is 0 Å². The summed E-state index contributed by atoms with van der Waals surface area (Å²) in [5, 5.41) is 0. The first-order valence-corrected chi connectivity index (χ1v) is 13.1. The van der Waals surface area contributed by atoms with Crippen LogP contribution in [0.25, 0.3) is 0 Å². The Hall–Kier alpha value is -3.23. The van der Waals surface area contributed by atoms with Gasteiger partial charge in [-0.15, -0.1) is 0 Å². The van der Waals surface area contributed by atoms with E-state index in [2.05, 4.69) is 4.90 Å². The summed E-state index contributed by atoms with van der Waals surface area (Å²) in [6, 6.07) is 19.9. The molecule has 1 saturated heterocycles. The van der Waals surface area contributed by atoms with E-state index >= 15 is 0 Å². The number of hydrogen-bond donors (Lipinski definition) is 0. The van der Waals surface area contributed by atoms with Crippen LogP contribution in [0, 0.1) is 12.7 Å². The highest BCUT2D eigenvalue weighted by Crippen LogP contribution is 2.23. The molecule has 1 heterocycles. The van der Waals surface area contributed by atoms with Crippen LogP contribution in [-0.2, 0) is 16.6 Å².